The van der Waals surface area contributed by atoms with Gasteiger partial charge in [-0.2, -0.15) is 0 Å². The van der Waals surface area contributed by atoms with Crippen molar-refractivity contribution in [3.8, 4) is 0 Å². The summed E-state index contributed by atoms with van der Waals surface area (Å²) in [6.07, 6.45) is -0.273. The van der Waals surface area contributed by atoms with Crippen molar-refractivity contribution in [2.75, 3.05) is 6.54 Å². The third-order valence-corrected chi connectivity index (χ3v) is 5.96. The first-order chi connectivity index (χ1) is 14.7. The highest BCUT2D eigenvalue weighted by Crippen LogP contribution is 2.35. The smallest absolute Gasteiger partial charge is 0.330 e. The van der Waals surface area contributed by atoms with Gasteiger partial charge in [-0.05, 0) is 24.6 Å². The average molecular weight is 465 g/mol. The molecule has 2 aliphatic heterocycles. The number of amides is 2. The maximum absolute atomic E-state index is 12.8. The monoisotopic (exact) mass is 464 g/mol. The molecule has 3 heterocycles. The molecule has 0 unspecified atom stereocenters. The Labute approximate surface area is 183 Å². The van der Waals surface area contributed by atoms with Gasteiger partial charge in [0.1, 0.15) is 6.23 Å². The second kappa shape index (κ2) is 7.86. The summed E-state index contributed by atoms with van der Waals surface area (Å²) < 4.78 is 7.05. The fourth-order valence-corrected chi connectivity index (χ4v) is 3.99. The van der Waals surface area contributed by atoms with Gasteiger partial charge in [0.25, 0.3) is 17.4 Å². The molecule has 1 aromatic heterocycles. The normalized spacial score (nSPS) is 22.5. The molecule has 1 saturated heterocycles. The van der Waals surface area contributed by atoms with Gasteiger partial charge < -0.3 is 4.74 Å². The molecular weight excluding hydrogens is 451 g/mol. The third kappa shape index (κ3) is 3.61. The van der Waals surface area contributed by atoms with Gasteiger partial charge in [-0.3, -0.25) is 28.8 Å². The number of aromatic amines is 1. The summed E-state index contributed by atoms with van der Waals surface area (Å²) >= 11 is 11.9. The topological polar surface area (TPSA) is 150 Å². The molecule has 160 valence electrons. The lowest BCUT2D eigenvalue weighted by atomic mass is 10.1. The number of fused-ring (bicyclic) bond motifs is 1. The standard InChI is InChI=1S/C18H14Cl2N6O5/c1-7-5-25(18(30)22-15(7)27)14-4-12(23-24-21)13(31-14)6-26-16(28)8-2-10(19)11(20)3-9(8)17(26)29/h2-3,5,12-14H,4,6H2,1H3,(H,22,27,30)/t12-,13+,14+/m0/s1. The third-order valence-electron chi connectivity index (χ3n) is 5.23. The highest BCUT2D eigenvalue weighted by atomic mass is 35.5. The van der Waals surface area contributed by atoms with Crippen molar-refractivity contribution in [2.24, 2.45) is 5.11 Å². The molecule has 2 amide bonds. The Balaban J connectivity index is 1.62. The second-order valence-corrected chi connectivity index (χ2v) is 7.96. The van der Waals surface area contributed by atoms with Gasteiger partial charge in [0, 0.05) is 23.1 Å². The summed E-state index contributed by atoms with van der Waals surface area (Å²) in [6.45, 7) is 1.32. The van der Waals surface area contributed by atoms with E-state index in [4.69, 9.17) is 33.5 Å². The van der Waals surface area contributed by atoms with Gasteiger partial charge >= 0.3 is 5.69 Å². The maximum Gasteiger partial charge on any atom is 0.330 e. The van der Waals surface area contributed by atoms with Crippen molar-refractivity contribution in [2.45, 2.75) is 31.7 Å². The summed E-state index contributed by atoms with van der Waals surface area (Å²) in [5.74, 6) is -1.16. The maximum atomic E-state index is 12.8. The van der Waals surface area contributed by atoms with Crippen LogP contribution in [0, 0.1) is 6.92 Å². The lowest BCUT2D eigenvalue weighted by Gasteiger charge is -2.21. The van der Waals surface area contributed by atoms with Crippen LogP contribution < -0.4 is 11.2 Å². The average Bonchev–Trinajstić information content (AvgIpc) is 3.20. The predicted octanol–water partition coefficient (Wildman–Crippen LogP) is 2.41. The van der Waals surface area contributed by atoms with Crippen LogP contribution in [0.4, 0.5) is 0 Å². The number of benzene rings is 1. The Kier molecular flexibility index (Phi) is 5.36. The lowest BCUT2D eigenvalue weighted by Crippen LogP contribution is -2.40. The quantitative estimate of drug-likeness (QED) is 0.318. The van der Waals surface area contributed by atoms with E-state index in [1.807, 2.05) is 0 Å². The number of H-pyrrole nitrogens is 1. The van der Waals surface area contributed by atoms with Crippen LogP contribution in [-0.4, -0.2) is 45.0 Å². The van der Waals surface area contributed by atoms with Crippen LogP contribution >= 0.6 is 23.2 Å². The summed E-state index contributed by atoms with van der Waals surface area (Å²) in [4.78, 5) is 55.3. The SMILES string of the molecule is Cc1cn([C@H]2C[C@H](N=[N+]=[N-])[C@@H](CN3C(=O)c4cc(Cl)c(Cl)cc4C3=O)O2)c(=O)[nH]c1=O. The number of carbonyl (C=O) groups excluding carboxylic acids is 2. The van der Waals surface area contributed by atoms with Crippen molar-refractivity contribution in [1.82, 2.24) is 14.5 Å². The van der Waals surface area contributed by atoms with E-state index in [9.17, 15) is 19.2 Å². The van der Waals surface area contributed by atoms with Gasteiger partial charge in [0.05, 0.1) is 39.9 Å². The molecule has 1 fully saturated rings. The molecule has 31 heavy (non-hydrogen) atoms. The molecule has 1 N–H and O–H groups in total. The van der Waals surface area contributed by atoms with E-state index < -0.39 is 41.4 Å². The van der Waals surface area contributed by atoms with E-state index in [0.717, 1.165) is 4.90 Å². The van der Waals surface area contributed by atoms with Gasteiger partial charge in [-0.15, -0.1) is 0 Å². The molecule has 2 aromatic rings. The van der Waals surface area contributed by atoms with Crippen molar-refractivity contribution in [3.63, 3.8) is 0 Å². The number of aryl methyl sites for hydroxylation is 1. The van der Waals surface area contributed by atoms with E-state index in [0.29, 0.717) is 5.56 Å². The van der Waals surface area contributed by atoms with Crippen molar-refractivity contribution >= 4 is 35.0 Å². The number of nitrogens with zero attached hydrogens (tertiary/aromatic N) is 5. The van der Waals surface area contributed by atoms with E-state index in [-0.39, 0.29) is 34.1 Å². The van der Waals surface area contributed by atoms with Crippen LogP contribution in [0.2, 0.25) is 10.0 Å². The van der Waals surface area contributed by atoms with E-state index in [1.165, 1.54) is 29.8 Å². The zero-order valence-electron chi connectivity index (χ0n) is 15.9. The minimum absolute atomic E-state index is 0.112. The number of rotatable bonds is 4. The number of hydrogen-bond donors (Lipinski definition) is 1. The molecule has 0 spiro atoms. The number of aromatic nitrogens is 2. The number of halogens is 2. The van der Waals surface area contributed by atoms with Crippen molar-refractivity contribution in [3.05, 3.63) is 76.3 Å². The second-order valence-electron chi connectivity index (χ2n) is 7.15. The Bertz CT molecular complexity index is 1240. The molecule has 13 heteroatoms. The zero-order chi connectivity index (χ0) is 22.4. The first kappa shape index (κ1) is 21.1. The Morgan fingerprint density at radius 3 is 2.39 bits per heavy atom. The number of imide groups is 1. The first-order valence-corrected chi connectivity index (χ1v) is 9.83. The summed E-state index contributed by atoms with van der Waals surface area (Å²) in [5.41, 5.74) is 8.22. The van der Waals surface area contributed by atoms with Crippen molar-refractivity contribution < 1.29 is 14.3 Å². The summed E-state index contributed by atoms with van der Waals surface area (Å²) in [5, 5.41) is 3.98. The molecule has 1 aromatic carbocycles. The van der Waals surface area contributed by atoms with Gasteiger partial charge in [0.2, 0.25) is 0 Å². The number of hydrogen-bond acceptors (Lipinski definition) is 6. The largest absolute Gasteiger partial charge is 0.352 e. The Morgan fingerprint density at radius 1 is 1.19 bits per heavy atom. The summed E-state index contributed by atoms with van der Waals surface area (Å²) in [6, 6.07) is 1.89. The first-order valence-electron chi connectivity index (χ1n) is 9.08. The van der Waals surface area contributed by atoms with Gasteiger partial charge in [0.15, 0.2) is 0 Å². The van der Waals surface area contributed by atoms with E-state index in [1.54, 1.807) is 0 Å². The number of ether oxygens (including phenoxy) is 1. The van der Waals surface area contributed by atoms with Gasteiger partial charge in [-0.1, -0.05) is 28.3 Å². The highest BCUT2D eigenvalue weighted by Gasteiger charge is 2.43. The van der Waals surface area contributed by atoms with Crippen LogP contribution in [0.25, 0.3) is 10.4 Å². The molecular formula is C18H14Cl2N6O5. The molecule has 0 saturated carbocycles. The Morgan fingerprint density at radius 2 is 1.81 bits per heavy atom. The number of nitrogens with one attached hydrogen (secondary N) is 1. The fourth-order valence-electron chi connectivity index (χ4n) is 3.67. The molecule has 0 aliphatic carbocycles. The minimum Gasteiger partial charge on any atom is -0.352 e. The van der Waals surface area contributed by atoms with E-state index in [2.05, 4.69) is 15.0 Å². The summed E-state index contributed by atoms with van der Waals surface area (Å²) in [7, 11) is 0. The van der Waals surface area contributed by atoms with Crippen LogP contribution in [0.15, 0.2) is 33.0 Å². The molecule has 0 bridgehead atoms. The molecule has 4 rings (SSSR count). The van der Waals surface area contributed by atoms with E-state index >= 15 is 0 Å². The molecule has 0 radical (unpaired) electrons. The highest BCUT2D eigenvalue weighted by molar-refractivity contribution is 6.43. The zero-order valence-corrected chi connectivity index (χ0v) is 17.4. The van der Waals surface area contributed by atoms with Crippen LogP contribution in [0.1, 0.15) is 38.9 Å². The Hall–Kier alpha value is -3.11. The van der Waals surface area contributed by atoms with Crippen LogP contribution in [0.3, 0.4) is 0 Å². The molecule has 11 nitrogen and oxygen atoms in total. The minimum atomic E-state index is -0.867. The fraction of sp³-hybridized carbons (Fsp3) is 0.333. The molecule has 2 aliphatic rings. The van der Waals surface area contributed by atoms with Crippen LogP contribution in [0.5, 0.6) is 0 Å². The van der Waals surface area contributed by atoms with Crippen LogP contribution in [-0.2, 0) is 4.74 Å². The van der Waals surface area contributed by atoms with Crippen molar-refractivity contribution in [1.29, 1.82) is 0 Å². The predicted molar refractivity (Wildman–Crippen MR) is 109 cm³/mol. The number of carbonyl (C=O) groups is 2. The molecule has 3 atom stereocenters. The van der Waals surface area contributed by atoms with Gasteiger partial charge in [-0.25, -0.2) is 4.79 Å². The lowest BCUT2D eigenvalue weighted by molar-refractivity contribution is -0.0138. The number of azide groups is 1.